The van der Waals surface area contributed by atoms with Crippen LogP contribution in [0.3, 0.4) is 0 Å². The molecule has 0 unspecified atom stereocenters. The van der Waals surface area contributed by atoms with Crippen LogP contribution in [-0.4, -0.2) is 69.2 Å². The lowest BCUT2D eigenvalue weighted by molar-refractivity contribution is -0.137. The number of piperidine rings is 1. The Morgan fingerprint density at radius 3 is 2.49 bits per heavy atom. The maximum atomic E-state index is 13.5. The molecule has 3 aromatic rings. The molecule has 2 aliphatic heterocycles. The van der Waals surface area contributed by atoms with Gasteiger partial charge in [-0.05, 0) is 42.5 Å². The number of urea groups is 1. The molecule has 1 spiro atoms. The fourth-order valence-corrected chi connectivity index (χ4v) is 5.31. The van der Waals surface area contributed by atoms with E-state index in [1.165, 1.54) is 0 Å². The number of nitrogens with two attached hydrogens (primary N) is 1. The predicted molar refractivity (Wildman–Crippen MR) is 132 cm³/mol. The SMILES string of the molecule is NC(=O)CN1C(=O)N(CCc2ccccc2)C2(CCN(Cc3ccc4cccnc4c3)CC2)C1=O. The van der Waals surface area contributed by atoms with Gasteiger partial charge in [0.25, 0.3) is 5.91 Å². The zero-order valence-electron chi connectivity index (χ0n) is 19.6. The van der Waals surface area contributed by atoms with Crippen LogP contribution in [0, 0.1) is 0 Å². The van der Waals surface area contributed by atoms with Gasteiger partial charge < -0.3 is 10.6 Å². The van der Waals surface area contributed by atoms with E-state index in [0.29, 0.717) is 38.9 Å². The van der Waals surface area contributed by atoms with Gasteiger partial charge in [0.15, 0.2) is 0 Å². The maximum absolute atomic E-state index is 13.5. The molecule has 0 radical (unpaired) electrons. The predicted octanol–water partition coefficient (Wildman–Crippen LogP) is 2.56. The summed E-state index contributed by atoms with van der Waals surface area (Å²) in [6, 6.07) is 19.7. The zero-order chi connectivity index (χ0) is 24.4. The second-order valence-electron chi connectivity index (χ2n) is 9.37. The Labute approximate surface area is 204 Å². The Hall–Kier alpha value is -3.78. The van der Waals surface area contributed by atoms with E-state index < -0.39 is 17.5 Å². The number of rotatable bonds is 7. The summed E-state index contributed by atoms with van der Waals surface area (Å²) in [7, 11) is 0. The highest BCUT2D eigenvalue weighted by Crippen LogP contribution is 2.37. The molecule has 35 heavy (non-hydrogen) atoms. The first kappa shape index (κ1) is 23.0. The van der Waals surface area contributed by atoms with Crippen LogP contribution in [0.1, 0.15) is 24.0 Å². The first-order valence-electron chi connectivity index (χ1n) is 12.0. The van der Waals surface area contributed by atoms with Gasteiger partial charge >= 0.3 is 6.03 Å². The van der Waals surface area contributed by atoms with Crippen LogP contribution < -0.4 is 5.73 Å². The second-order valence-corrected chi connectivity index (χ2v) is 9.37. The number of pyridine rings is 1. The molecule has 0 saturated carbocycles. The van der Waals surface area contributed by atoms with Gasteiger partial charge in [-0.25, -0.2) is 4.79 Å². The maximum Gasteiger partial charge on any atom is 0.328 e. The molecule has 2 aliphatic rings. The number of likely N-dealkylation sites (tertiary alicyclic amines) is 1. The number of benzene rings is 2. The summed E-state index contributed by atoms with van der Waals surface area (Å²) in [6.45, 7) is 2.13. The molecule has 3 heterocycles. The van der Waals surface area contributed by atoms with Crippen molar-refractivity contribution in [2.45, 2.75) is 31.3 Å². The average molecular weight is 472 g/mol. The quantitative estimate of drug-likeness (QED) is 0.534. The van der Waals surface area contributed by atoms with E-state index >= 15 is 0 Å². The molecule has 5 rings (SSSR count). The molecule has 180 valence electrons. The summed E-state index contributed by atoms with van der Waals surface area (Å²) in [5.41, 5.74) is 7.65. The van der Waals surface area contributed by atoms with Crippen molar-refractivity contribution in [3.05, 3.63) is 78.0 Å². The van der Waals surface area contributed by atoms with E-state index in [0.717, 1.165) is 33.5 Å². The Morgan fingerprint density at radius 1 is 0.971 bits per heavy atom. The lowest BCUT2D eigenvalue weighted by Crippen LogP contribution is -2.56. The molecule has 2 saturated heterocycles. The number of primary amides is 1. The standard InChI is InChI=1S/C27H29N5O3/c28-24(33)19-31-25(34)27(32(26(31)35)14-10-20-5-2-1-3-6-20)11-15-30(16-12-27)18-21-8-9-22-7-4-13-29-23(22)17-21/h1-9,13,17H,10-12,14-16,18-19H2,(H2,28,33). The molecule has 0 aliphatic carbocycles. The number of hydrogen-bond acceptors (Lipinski definition) is 5. The second kappa shape index (κ2) is 9.46. The van der Waals surface area contributed by atoms with Crippen LogP contribution in [0.5, 0.6) is 0 Å². The fourth-order valence-electron chi connectivity index (χ4n) is 5.31. The highest BCUT2D eigenvalue weighted by Gasteiger charge is 2.57. The highest BCUT2D eigenvalue weighted by atomic mass is 16.2. The third-order valence-electron chi connectivity index (χ3n) is 7.16. The number of hydrogen-bond donors (Lipinski definition) is 1. The summed E-state index contributed by atoms with van der Waals surface area (Å²) in [5.74, 6) is -0.988. The van der Waals surface area contributed by atoms with Crippen molar-refractivity contribution in [2.75, 3.05) is 26.2 Å². The van der Waals surface area contributed by atoms with Crippen LogP contribution in [0.25, 0.3) is 10.9 Å². The summed E-state index contributed by atoms with van der Waals surface area (Å²) >= 11 is 0. The average Bonchev–Trinajstić information content (AvgIpc) is 3.05. The van der Waals surface area contributed by atoms with Gasteiger partial charge in [0, 0.05) is 37.8 Å². The van der Waals surface area contributed by atoms with Gasteiger partial charge in [-0.15, -0.1) is 0 Å². The van der Waals surface area contributed by atoms with Gasteiger partial charge in [0.1, 0.15) is 12.1 Å². The minimum atomic E-state index is -0.928. The third-order valence-corrected chi connectivity index (χ3v) is 7.16. The van der Waals surface area contributed by atoms with Crippen molar-refractivity contribution < 1.29 is 14.4 Å². The molecule has 2 aromatic carbocycles. The van der Waals surface area contributed by atoms with Crippen LogP contribution in [0.2, 0.25) is 0 Å². The molecule has 2 N–H and O–H groups in total. The lowest BCUT2D eigenvalue weighted by atomic mass is 9.85. The van der Waals surface area contributed by atoms with E-state index in [1.807, 2.05) is 42.5 Å². The highest BCUT2D eigenvalue weighted by molar-refractivity contribution is 6.09. The molecular formula is C27H29N5O3. The largest absolute Gasteiger partial charge is 0.368 e. The van der Waals surface area contributed by atoms with Crippen molar-refractivity contribution in [2.24, 2.45) is 5.73 Å². The fraction of sp³-hybridized carbons (Fsp3) is 0.333. The summed E-state index contributed by atoms with van der Waals surface area (Å²) in [6.07, 6.45) is 3.47. The van der Waals surface area contributed by atoms with Gasteiger partial charge in [-0.1, -0.05) is 48.5 Å². The van der Waals surface area contributed by atoms with E-state index in [-0.39, 0.29) is 12.5 Å². The van der Waals surface area contributed by atoms with Crippen LogP contribution in [0.4, 0.5) is 4.79 Å². The van der Waals surface area contributed by atoms with Crippen LogP contribution in [-0.2, 0) is 22.6 Å². The summed E-state index contributed by atoms with van der Waals surface area (Å²) < 4.78 is 0. The Bertz CT molecular complexity index is 1250. The molecule has 0 bridgehead atoms. The van der Waals surface area contributed by atoms with E-state index in [1.54, 1.807) is 11.1 Å². The summed E-state index contributed by atoms with van der Waals surface area (Å²) in [4.78, 5) is 47.8. The van der Waals surface area contributed by atoms with Gasteiger partial charge in [-0.3, -0.25) is 24.4 Å². The first-order chi connectivity index (χ1) is 17.0. The van der Waals surface area contributed by atoms with Crippen LogP contribution in [0.15, 0.2) is 66.9 Å². The molecule has 1 aromatic heterocycles. The Morgan fingerprint density at radius 2 is 1.74 bits per heavy atom. The smallest absolute Gasteiger partial charge is 0.328 e. The zero-order valence-corrected chi connectivity index (χ0v) is 19.6. The molecule has 0 atom stereocenters. The minimum absolute atomic E-state index is 0.302. The van der Waals surface area contributed by atoms with E-state index in [4.69, 9.17) is 5.73 Å². The van der Waals surface area contributed by atoms with E-state index in [9.17, 15) is 14.4 Å². The molecule has 8 nitrogen and oxygen atoms in total. The van der Waals surface area contributed by atoms with Gasteiger partial charge in [0.05, 0.1) is 5.52 Å². The normalized spacial score (nSPS) is 18.1. The number of nitrogens with zero attached hydrogens (tertiary/aromatic N) is 4. The molecule has 4 amide bonds. The summed E-state index contributed by atoms with van der Waals surface area (Å²) in [5, 5.41) is 1.10. The van der Waals surface area contributed by atoms with Crippen molar-refractivity contribution in [1.29, 1.82) is 0 Å². The first-order valence-corrected chi connectivity index (χ1v) is 12.0. The van der Waals surface area contributed by atoms with Crippen LogP contribution >= 0.6 is 0 Å². The number of aromatic nitrogens is 1. The number of fused-ring (bicyclic) bond motifs is 1. The van der Waals surface area contributed by atoms with Crippen molar-refractivity contribution >= 4 is 28.7 Å². The Balaban J connectivity index is 1.32. The number of carbonyl (C=O) groups excluding carboxylic acids is 3. The van der Waals surface area contributed by atoms with E-state index in [2.05, 4.69) is 28.1 Å². The topological polar surface area (TPSA) is 99.8 Å². The minimum Gasteiger partial charge on any atom is -0.368 e. The number of amides is 4. The lowest BCUT2D eigenvalue weighted by Gasteiger charge is -2.42. The monoisotopic (exact) mass is 471 g/mol. The Kier molecular flexibility index (Phi) is 6.21. The van der Waals surface area contributed by atoms with Crippen molar-refractivity contribution in [1.82, 2.24) is 19.7 Å². The molecular weight excluding hydrogens is 442 g/mol. The van der Waals surface area contributed by atoms with Gasteiger partial charge in [-0.2, -0.15) is 0 Å². The molecule has 8 heteroatoms. The van der Waals surface area contributed by atoms with Gasteiger partial charge in [0.2, 0.25) is 5.91 Å². The number of carbonyl (C=O) groups is 3. The number of imide groups is 1. The van der Waals surface area contributed by atoms with Crippen molar-refractivity contribution in [3.63, 3.8) is 0 Å². The molecule has 2 fully saturated rings. The third kappa shape index (κ3) is 4.49. The van der Waals surface area contributed by atoms with Crippen molar-refractivity contribution in [3.8, 4) is 0 Å².